The first-order valence-corrected chi connectivity index (χ1v) is 5.42. The third kappa shape index (κ3) is 2.09. The van der Waals surface area contributed by atoms with Crippen LogP contribution in [0.15, 0.2) is 30.5 Å². The van der Waals surface area contributed by atoms with E-state index in [0.29, 0.717) is 10.0 Å². The molecule has 0 aliphatic carbocycles. The zero-order valence-electron chi connectivity index (χ0n) is 8.55. The Morgan fingerprint density at radius 3 is 2.62 bits per heavy atom. The molecule has 82 valence electrons. The normalized spacial score (nSPS) is 10.1. The molecule has 0 atom stereocenters. The van der Waals surface area contributed by atoms with E-state index >= 15 is 0 Å². The van der Waals surface area contributed by atoms with Crippen LogP contribution in [0, 0.1) is 5.82 Å². The summed E-state index contributed by atoms with van der Waals surface area (Å²) < 4.78 is 12.7. The molecule has 1 aromatic carbocycles. The predicted molar refractivity (Wildman–Crippen MR) is 62.0 cm³/mol. The van der Waals surface area contributed by atoms with Gasteiger partial charge in [0.15, 0.2) is 11.4 Å². The smallest absolute Gasteiger partial charge is 0.190 e. The monoisotopic (exact) mass is 236 g/mol. The van der Waals surface area contributed by atoms with Crippen LogP contribution in [0.3, 0.4) is 0 Å². The molecule has 0 saturated heterocycles. The maximum Gasteiger partial charge on any atom is 0.190 e. The molecule has 3 nitrogen and oxygen atoms in total. The van der Waals surface area contributed by atoms with Crippen LogP contribution in [-0.2, 0) is 0 Å². The van der Waals surface area contributed by atoms with Gasteiger partial charge in [0.05, 0.1) is 11.1 Å². The fraction of sp³-hybridized carbons (Fsp3) is 0.0909. The highest BCUT2D eigenvalue weighted by Crippen LogP contribution is 2.27. The second kappa shape index (κ2) is 4.40. The van der Waals surface area contributed by atoms with Crippen LogP contribution in [0.1, 0.15) is 9.67 Å². The van der Waals surface area contributed by atoms with E-state index in [-0.39, 0.29) is 5.82 Å². The van der Waals surface area contributed by atoms with Crippen LogP contribution < -0.4 is 4.90 Å². The van der Waals surface area contributed by atoms with Gasteiger partial charge in [-0.25, -0.2) is 9.37 Å². The molecule has 2 aromatic rings. The van der Waals surface area contributed by atoms with Crippen molar-refractivity contribution in [3.63, 3.8) is 0 Å². The Hall–Kier alpha value is -1.75. The maximum atomic E-state index is 12.7. The minimum absolute atomic E-state index is 0.273. The maximum absolute atomic E-state index is 12.7. The lowest BCUT2D eigenvalue weighted by Crippen LogP contribution is -2.08. The Morgan fingerprint density at radius 2 is 2.06 bits per heavy atom. The van der Waals surface area contributed by atoms with E-state index in [1.54, 1.807) is 17.0 Å². The van der Waals surface area contributed by atoms with Gasteiger partial charge in [-0.15, -0.1) is 0 Å². The first kappa shape index (κ1) is 10.8. The summed E-state index contributed by atoms with van der Waals surface area (Å²) in [6.45, 7) is 0. The zero-order chi connectivity index (χ0) is 11.5. The third-order valence-electron chi connectivity index (χ3n) is 2.13. The highest BCUT2D eigenvalue weighted by Gasteiger charge is 2.08. The summed E-state index contributed by atoms with van der Waals surface area (Å²) in [7, 11) is 1.82. The summed E-state index contributed by atoms with van der Waals surface area (Å²) in [6.07, 6.45) is 2.28. The summed E-state index contributed by atoms with van der Waals surface area (Å²) >= 11 is 1.29. The highest BCUT2D eigenvalue weighted by molar-refractivity contribution is 7.17. The molecule has 0 bridgehead atoms. The molecular formula is C11H9FN2OS. The van der Waals surface area contributed by atoms with E-state index in [9.17, 15) is 9.18 Å². The molecule has 0 amide bonds. The lowest BCUT2D eigenvalue weighted by atomic mass is 10.3. The van der Waals surface area contributed by atoms with Crippen LogP contribution in [0.5, 0.6) is 0 Å². The number of benzene rings is 1. The predicted octanol–water partition coefficient (Wildman–Crippen LogP) is 2.86. The van der Waals surface area contributed by atoms with Crippen LogP contribution >= 0.6 is 11.3 Å². The molecule has 0 aliphatic heterocycles. The van der Waals surface area contributed by atoms with Gasteiger partial charge in [-0.05, 0) is 24.3 Å². The Labute approximate surface area is 96.2 Å². The summed E-state index contributed by atoms with van der Waals surface area (Å²) in [5, 5.41) is 0.703. The molecule has 2 rings (SSSR count). The molecule has 0 saturated carbocycles. The number of carbonyl (C=O) groups excluding carboxylic acids is 1. The molecule has 1 aromatic heterocycles. The quantitative estimate of drug-likeness (QED) is 0.768. The third-order valence-corrected chi connectivity index (χ3v) is 3.13. The molecule has 0 spiro atoms. The lowest BCUT2D eigenvalue weighted by molar-refractivity contribution is 0.112. The van der Waals surface area contributed by atoms with Gasteiger partial charge in [-0.3, -0.25) is 4.79 Å². The number of anilines is 2. The largest absolute Gasteiger partial charge is 0.321 e. The van der Waals surface area contributed by atoms with Crippen molar-refractivity contribution in [2.75, 3.05) is 11.9 Å². The second-order valence-electron chi connectivity index (χ2n) is 3.20. The fourth-order valence-corrected chi connectivity index (χ4v) is 1.97. The van der Waals surface area contributed by atoms with E-state index in [0.717, 1.165) is 12.0 Å². The number of thiazole rings is 1. The summed E-state index contributed by atoms with van der Waals surface area (Å²) in [6, 6.07) is 6.11. The van der Waals surface area contributed by atoms with Gasteiger partial charge < -0.3 is 4.90 Å². The van der Waals surface area contributed by atoms with E-state index < -0.39 is 0 Å². The average Bonchev–Trinajstić information content (AvgIpc) is 2.77. The van der Waals surface area contributed by atoms with Crippen LogP contribution in [0.4, 0.5) is 15.2 Å². The molecule has 0 radical (unpaired) electrons. The fourth-order valence-electron chi connectivity index (χ4n) is 1.26. The van der Waals surface area contributed by atoms with Gasteiger partial charge in [0, 0.05) is 12.7 Å². The molecule has 16 heavy (non-hydrogen) atoms. The summed E-state index contributed by atoms with van der Waals surface area (Å²) in [5.74, 6) is -0.273. The summed E-state index contributed by atoms with van der Waals surface area (Å²) in [5.41, 5.74) is 0.827. The SMILES string of the molecule is CN(c1ccc(F)cc1)c1ncc(C=O)s1. The molecule has 0 fully saturated rings. The first-order chi connectivity index (χ1) is 7.70. The molecule has 0 unspecified atom stereocenters. The van der Waals surface area contributed by atoms with E-state index in [2.05, 4.69) is 4.98 Å². The van der Waals surface area contributed by atoms with Crippen LogP contribution in [-0.4, -0.2) is 18.3 Å². The van der Waals surface area contributed by atoms with Crippen molar-refractivity contribution in [2.24, 2.45) is 0 Å². The van der Waals surface area contributed by atoms with Crippen LogP contribution in [0.25, 0.3) is 0 Å². The van der Waals surface area contributed by atoms with Crippen molar-refractivity contribution in [1.29, 1.82) is 0 Å². The van der Waals surface area contributed by atoms with Crippen molar-refractivity contribution in [1.82, 2.24) is 4.98 Å². The van der Waals surface area contributed by atoms with Gasteiger partial charge in [-0.1, -0.05) is 11.3 Å². The average molecular weight is 236 g/mol. The highest BCUT2D eigenvalue weighted by atomic mass is 32.1. The number of aromatic nitrogens is 1. The zero-order valence-corrected chi connectivity index (χ0v) is 9.37. The Bertz CT molecular complexity index is 495. The standard InChI is InChI=1S/C11H9FN2OS/c1-14(9-4-2-8(12)3-5-9)11-13-6-10(7-15)16-11/h2-7H,1H3. The van der Waals surface area contributed by atoms with E-state index in [1.165, 1.54) is 29.7 Å². The number of nitrogens with zero attached hydrogens (tertiary/aromatic N) is 2. The van der Waals surface area contributed by atoms with E-state index in [4.69, 9.17) is 0 Å². The molecule has 1 heterocycles. The number of hydrogen-bond acceptors (Lipinski definition) is 4. The van der Waals surface area contributed by atoms with Gasteiger partial charge in [0.2, 0.25) is 0 Å². The Balaban J connectivity index is 2.27. The van der Waals surface area contributed by atoms with Gasteiger partial charge in [-0.2, -0.15) is 0 Å². The van der Waals surface area contributed by atoms with Crippen molar-refractivity contribution in [2.45, 2.75) is 0 Å². The molecule has 0 N–H and O–H groups in total. The van der Waals surface area contributed by atoms with Crippen molar-refractivity contribution in [3.8, 4) is 0 Å². The second-order valence-corrected chi connectivity index (χ2v) is 4.24. The molecular weight excluding hydrogens is 227 g/mol. The summed E-state index contributed by atoms with van der Waals surface area (Å²) in [4.78, 5) is 17.0. The molecule has 0 aliphatic rings. The topological polar surface area (TPSA) is 33.2 Å². The van der Waals surface area contributed by atoms with Crippen molar-refractivity contribution < 1.29 is 9.18 Å². The Morgan fingerprint density at radius 1 is 1.38 bits per heavy atom. The number of hydrogen-bond donors (Lipinski definition) is 0. The Kier molecular flexibility index (Phi) is 2.96. The van der Waals surface area contributed by atoms with E-state index in [1.807, 2.05) is 7.05 Å². The first-order valence-electron chi connectivity index (χ1n) is 4.61. The van der Waals surface area contributed by atoms with Crippen molar-refractivity contribution in [3.05, 3.63) is 41.2 Å². The molecule has 5 heteroatoms. The number of aldehydes is 1. The van der Waals surface area contributed by atoms with Crippen LogP contribution in [0.2, 0.25) is 0 Å². The lowest BCUT2D eigenvalue weighted by Gasteiger charge is -2.15. The number of halogens is 1. The van der Waals surface area contributed by atoms with Crippen molar-refractivity contribution >= 4 is 28.4 Å². The minimum atomic E-state index is -0.273. The van der Waals surface area contributed by atoms with Gasteiger partial charge in [0.1, 0.15) is 5.82 Å². The van der Waals surface area contributed by atoms with Gasteiger partial charge >= 0.3 is 0 Å². The number of rotatable bonds is 3. The minimum Gasteiger partial charge on any atom is -0.321 e. The number of carbonyl (C=O) groups is 1. The van der Waals surface area contributed by atoms with Gasteiger partial charge in [0.25, 0.3) is 0 Å².